The zero-order valence-corrected chi connectivity index (χ0v) is 18.4. The molecule has 5 aromatic rings. The monoisotopic (exact) mass is 446 g/mol. The van der Waals surface area contributed by atoms with Gasteiger partial charge in [-0.15, -0.1) is 11.3 Å². The molecule has 0 aliphatic rings. The number of nitrogens with one attached hydrogen (secondary N) is 1. The molecule has 0 saturated carbocycles. The summed E-state index contributed by atoms with van der Waals surface area (Å²) < 4.78 is 10.7. The van der Waals surface area contributed by atoms with E-state index in [1.54, 1.807) is 48.9 Å². The van der Waals surface area contributed by atoms with E-state index >= 15 is 0 Å². The van der Waals surface area contributed by atoms with Crippen molar-refractivity contribution in [1.29, 1.82) is 0 Å². The molecule has 1 amide bonds. The van der Waals surface area contributed by atoms with Crippen LogP contribution in [0.5, 0.6) is 0 Å². The van der Waals surface area contributed by atoms with Gasteiger partial charge in [-0.25, -0.2) is 4.98 Å². The molecule has 0 aliphatic heterocycles. The van der Waals surface area contributed by atoms with Crippen molar-refractivity contribution in [2.24, 2.45) is 0 Å². The zero-order valence-electron chi connectivity index (χ0n) is 17.5. The van der Waals surface area contributed by atoms with Gasteiger partial charge in [-0.1, -0.05) is 10.3 Å². The number of rotatable bonds is 5. The summed E-state index contributed by atoms with van der Waals surface area (Å²) in [6.07, 6.45) is 3.30. The van der Waals surface area contributed by atoms with Crippen LogP contribution in [-0.4, -0.2) is 31.2 Å². The van der Waals surface area contributed by atoms with Crippen molar-refractivity contribution in [3.05, 3.63) is 63.6 Å². The van der Waals surface area contributed by atoms with E-state index in [1.807, 2.05) is 13.8 Å². The molecule has 0 saturated heterocycles. The van der Waals surface area contributed by atoms with E-state index in [9.17, 15) is 4.79 Å². The van der Waals surface area contributed by atoms with Crippen LogP contribution in [0.3, 0.4) is 0 Å². The second kappa shape index (κ2) is 7.97. The topological polar surface area (TPSA) is 120 Å². The van der Waals surface area contributed by atoms with Crippen LogP contribution in [-0.2, 0) is 6.54 Å². The van der Waals surface area contributed by atoms with Crippen molar-refractivity contribution in [1.82, 2.24) is 30.6 Å². The minimum absolute atomic E-state index is 0.0803. The molecule has 0 fully saturated rings. The molecule has 0 spiro atoms. The van der Waals surface area contributed by atoms with Gasteiger partial charge in [0.1, 0.15) is 0 Å². The van der Waals surface area contributed by atoms with Crippen molar-refractivity contribution in [2.75, 3.05) is 0 Å². The Morgan fingerprint density at radius 1 is 1.06 bits per heavy atom. The van der Waals surface area contributed by atoms with Crippen molar-refractivity contribution in [3.8, 4) is 22.6 Å². The van der Waals surface area contributed by atoms with Crippen LogP contribution < -0.4 is 5.32 Å². The standard InChI is InChI=1S/C22H18N6O3S/c1-11-8-15(13(3)32-11)17-9-16(19-12(2)27-31-22(19)25-17)21(29)24-10-18-26-20(28-30-18)14-4-6-23-7-5-14/h4-9H,10H2,1-3H3,(H,24,29). The van der Waals surface area contributed by atoms with E-state index < -0.39 is 0 Å². The number of pyridine rings is 2. The predicted octanol–water partition coefficient (Wildman–Crippen LogP) is 4.25. The number of hydrogen-bond donors (Lipinski definition) is 1. The Morgan fingerprint density at radius 2 is 1.88 bits per heavy atom. The molecule has 5 aromatic heterocycles. The highest BCUT2D eigenvalue weighted by molar-refractivity contribution is 7.12. The lowest BCUT2D eigenvalue weighted by atomic mass is 10.1. The maximum Gasteiger partial charge on any atom is 0.259 e. The Morgan fingerprint density at radius 3 is 2.62 bits per heavy atom. The number of aromatic nitrogens is 5. The molecule has 0 aliphatic carbocycles. The zero-order chi connectivity index (χ0) is 22.2. The summed E-state index contributed by atoms with van der Waals surface area (Å²) in [6.45, 7) is 5.93. The van der Waals surface area contributed by atoms with Crippen LogP contribution in [0, 0.1) is 20.8 Å². The van der Waals surface area contributed by atoms with Crippen LogP contribution in [0.1, 0.15) is 31.7 Å². The summed E-state index contributed by atoms with van der Waals surface area (Å²) in [7, 11) is 0. The molecular weight excluding hydrogens is 428 g/mol. The smallest absolute Gasteiger partial charge is 0.259 e. The lowest BCUT2D eigenvalue weighted by Crippen LogP contribution is -2.23. The van der Waals surface area contributed by atoms with Crippen molar-refractivity contribution in [3.63, 3.8) is 0 Å². The van der Waals surface area contributed by atoms with Gasteiger partial charge in [0, 0.05) is 33.3 Å². The number of carbonyl (C=O) groups excluding carboxylic acids is 1. The van der Waals surface area contributed by atoms with Crippen LogP contribution in [0.25, 0.3) is 33.7 Å². The maximum atomic E-state index is 13.1. The first-order chi connectivity index (χ1) is 15.5. The van der Waals surface area contributed by atoms with Crippen LogP contribution in [0.15, 0.2) is 45.7 Å². The third-order valence-corrected chi connectivity index (χ3v) is 5.95. The Hall–Kier alpha value is -3.92. The van der Waals surface area contributed by atoms with E-state index in [2.05, 4.69) is 36.6 Å². The lowest BCUT2D eigenvalue weighted by Gasteiger charge is -2.07. The molecular formula is C22H18N6O3S. The molecule has 9 nitrogen and oxygen atoms in total. The van der Waals surface area contributed by atoms with Crippen LogP contribution in [0.2, 0.25) is 0 Å². The lowest BCUT2D eigenvalue weighted by molar-refractivity contribution is 0.0948. The van der Waals surface area contributed by atoms with Gasteiger partial charge in [-0.2, -0.15) is 4.98 Å². The number of aryl methyl sites for hydroxylation is 3. The number of thiophene rings is 1. The van der Waals surface area contributed by atoms with Gasteiger partial charge in [0.05, 0.1) is 28.9 Å². The Labute approximate surface area is 186 Å². The van der Waals surface area contributed by atoms with E-state index in [-0.39, 0.29) is 12.5 Å². The van der Waals surface area contributed by atoms with Crippen LogP contribution >= 0.6 is 11.3 Å². The molecule has 1 N–H and O–H groups in total. The normalized spacial score (nSPS) is 11.2. The average Bonchev–Trinajstić information content (AvgIpc) is 3.51. The Bertz CT molecular complexity index is 1440. The highest BCUT2D eigenvalue weighted by atomic mass is 32.1. The first-order valence-corrected chi connectivity index (χ1v) is 10.7. The van der Waals surface area contributed by atoms with Crippen molar-refractivity contribution >= 4 is 28.3 Å². The van der Waals surface area contributed by atoms with Gasteiger partial charge in [0.15, 0.2) is 0 Å². The summed E-state index contributed by atoms with van der Waals surface area (Å²) in [5, 5.41) is 11.4. The summed E-state index contributed by atoms with van der Waals surface area (Å²) in [5.74, 6) is 0.420. The summed E-state index contributed by atoms with van der Waals surface area (Å²) >= 11 is 1.68. The molecule has 0 unspecified atom stereocenters. The molecule has 0 radical (unpaired) electrons. The first kappa shape index (κ1) is 20.0. The summed E-state index contributed by atoms with van der Waals surface area (Å²) in [6, 6.07) is 7.39. The van der Waals surface area contributed by atoms with Crippen molar-refractivity contribution in [2.45, 2.75) is 27.3 Å². The second-order valence-electron chi connectivity index (χ2n) is 7.26. The van der Waals surface area contributed by atoms with Gasteiger partial charge in [-0.05, 0) is 45.0 Å². The first-order valence-electron chi connectivity index (χ1n) is 9.85. The van der Waals surface area contributed by atoms with E-state index in [0.29, 0.717) is 39.8 Å². The highest BCUT2D eigenvalue weighted by Crippen LogP contribution is 2.32. The van der Waals surface area contributed by atoms with E-state index in [0.717, 1.165) is 16.0 Å². The number of carbonyl (C=O) groups is 1. The van der Waals surface area contributed by atoms with Crippen LogP contribution in [0.4, 0.5) is 0 Å². The Balaban J connectivity index is 1.44. The van der Waals surface area contributed by atoms with Gasteiger partial charge in [-0.3, -0.25) is 9.78 Å². The fraction of sp³-hybridized carbons (Fsp3) is 0.182. The fourth-order valence-electron chi connectivity index (χ4n) is 3.49. The van der Waals surface area contributed by atoms with Crippen molar-refractivity contribution < 1.29 is 13.8 Å². The second-order valence-corrected chi connectivity index (χ2v) is 8.72. The molecule has 32 heavy (non-hydrogen) atoms. The molecule has 0 atom stereocenters. The summed E-state index contributed by atoms with van der Waals surface area (Å²) in [5.41, 5.74) is 3.77. The number of amides is 1. The van der Waals surface area contributed by atoms with Gasteiger partial charge < -0.3 is 14.4 Å². The quantitative estimate of drug-likeness (QED) is 0.425. The van der Waals surface area contributed by atoms with E-state index in [1.165, 1.54) is 4.88 Å². The molecule has 10 heteroatoms. The summed E-state index contributed by atoms with van der Waals surface area (Å²) in [4.78, 5) is 28.3. The van der Waals surface area contributed by atoms with Gasteiger partial charge >= 0.3 is 0 Å². The Kier molecular flexibility index (Phi) is 4.98. The molecule has 5 rings (SSSR count). The molecule has 160 valence electrons. The minimum Gasteiger partial charge on any atom is -0.343 e. The molecule has 0 aromatic carbocycles. The third-order valence-electron chi connectivity index (χ3n) is 4.99. The third kappa shape index (κ3) is 3.65. The largest absolute Gasteiger partial charge is 0.343 e. The molecule has 5 heterocycles. The highest BCUT2D eigenvalue weighted by Gasteiger charge is 2.21. The minimum atomic E-state index is -0.307. The fourth-order valence-corrected chi connectivity index (χ4v) is 4.43. The van der Waals surface area contributed by atoms with Gasteiger partial charge in [0.2, 0.25) is 11.7 Å². The number of fused-ring (bicyclic) bond motifs is 1. The SMILES string of the molecule is Cc1cc(-c2cc(C(=O)NCc3nc(-c4ccncc4)no3)c3c(C)noc3n2)c(C)s1. The maximum absolute atomic E-state index is 13.1. The number of hydrogen-bond acceptors (Lipinski definition) is 9. The predicted molar refractivity (Wildman–Crippen MR) is 118 cm³/mol. The number of nitrogens with zero attached hydrogens (tertiary/aromatic N) is 5. The average molecular weight is 446 g/mol. The molecule has 0 bridgehead atoms. The van der Waals surface area contributed by atoms with Gasteiger partial charge in [0.25, 0.3) is 11.6 Å². The van der Waals surface area contributed by atoms with E-state index in [4.69, 9.17) is 9.05 Å².